The van der Waals surface area contributed by atoms with Crippen LogP contribution in [0.5, 0.6) is 0 Å². The van der Waals surface area contributed by atoms with E-state index < -0.39 is 0 Å². The van der Waals surface area contributed by atoms with E-state index in [2.05, 4.69) is 15.9 Å². The van der Waals surface area contributed by atoms with Crippen LogP contribution < -0.4 is 0 Å². The van der Waals surface area contributed by atoms with E-state index in [1.807, 2.05) is 0 Å². The van der Waals surface area contributed by atoms with E-state index in [4.69, 9.17) is 61.6 Å². The van der Waals surface area contributed by atoms with Gasteiger partial charge < -0.3 is 61.6 Å². The number of alkyl halides is 1. The Kier molecular flexibility index (Phi) is 39.9. The number of hydrogen-bond donors (Lipinski definition) is 0. The van der Waals surface area contributed by atoms with Crippen LogP contribution in [0.4, 0.5) is 0 Å². The second-order valence-corrected chi connectivity index (χ2v) is 8.82. The molecule has 0 aromatic carbocycles. The monoisotopic (exact) mass is 666 g/mol. The zero-order valence-electron chi connectivity index (χ0n) is 25.1. The zero-order valence-corrected chi connectivity index (χ0v) is 26.7. The molecule has 0 N–H and O–H groups in total. The van der Waals surface area contributed by atoms with E-state index >= 15 is 0 Å². The lowest BCUT2D eigenvalue weighted by molar-refractivity contribution is -0.0286. The summed E-state index contributed by atoms with van der Waals surface area (Å²) in [6.45, 7) is 13.6. The van der Waals surface area contributed by atoms with E-state index in [0.29, 0.717) is 165 Å². The van der Waals surface area contributed by atoms with Gasteiger partial charge in [0.15, 0.2) is 0 Å². The molecule has 0 aromatic rings. The van der Waals surface area contributed by atoms with Gasteiger partial charge in [0.25, 0.3) is 0 Å². The standard InChI is InChI=1S/C27H55BrO13/c1-29-4-5-31-8-9-33-12-13-35-16-17-37-20-21-39-24-25-41-27-26-40-23-22-38-19-18-36-15-14-34-11-10-32-7-6-30-3-2-28/h2-27H2,1H3. The summed E-state index contributed by atoms with van der Waals surface area (Å²) >= 11 is 3.30. The second kappa shape index (κ2) is 40.0. The molecule has 0 saturated carbocycles. The predicted molar refractivity (Wildman–Crippen MR) is 155 cm³/mol. The third-order valence-electron chi connectivity index (χ3n) is 4.75. The van der Waals surface area contributed by atoms with Crippen molar-refractivity contribution in [1.29, 1.82) is 0 Å². The van der Waals surface area contributed by atoms with Crippen LogP contribution in [0.2, 0.25) is 0 Å². The molecule has 0 aliphatic carbocycles. The van der Waals surface area contributed by atoms with Crippen molar-refractivity contribution in [2.75, 3.05) is 178 Å². The highest BCUT2D eigenvalue weighted by molar-refractivity contribution is 9.09. The van der Waals surface area contributed by atoms with Gasteiger partial charge in [0.1, 0.15) is 0 Å². The summed E-state index contributed by atoms with van der Waals surface area (Å²) in [6.07, 6.45) is 0. The number of methoxy groups -OCH3 is 1. The highest BCUT2D eigenvalue weighted by atomic mass is 79.9. The van der Waals surface area contributed by atoms with Gasteiger partial charge in [-0.05, 0) is 0 Å². The summed E-state index contributed by atoms with van der Waals surface area (Å²) in [6, 6.07) is 0. The van der Waals surface area contributed by atoms with Crippen molar-refractivity contribution in [3.8, 4) is 0 Å². The molecular formula is C27H55BrO13. The molecule has 0 rings (SSSR count). The van der Waals surface area contributed by atoms with Crippen molar-refractivity contribution >= 4 is 15.9 Å². The van der Waals surface area contributed by atoms with Crippen molar-refractivity contribution in [2.45, 2.75) is 0 Å². The molecule has 0 amide bonds. The SMILES string of the molecule is COCCOCCOCCOCCOCCOCCOCCOCCOCCOCCOCCOCCOCCBr. The van der Waals surface area contributed by atoms with E-state index in [-0.39, 0.29) is 0 Å². The number of ether oxygens (including phenoxy) is 13. The van der Waals surface area contributed by atoms with Gasteiger partial charge in [0.05, 0.1) is 165 Å². The smallest absolute Gasteiger partial charge is 0.0701 e. The van der Waals surface area contributed by atoms with Gasteiger partial charge in [-0.3, -0.25) is 0 Å². The minimum absolute atomic E-state index is 0.515. The molecular weight excluding hydrogens is 612 g/mol. The first-order chi connectivity index (χ1) is 20.4. The molecule has 0 atom stereocenters. The van der Waals surface area contributed by atoms with Crippen LogP contribution in [0.3, 0.4) is 0 Å². The second-order valence-electron chi connectivity index (χ2n) is 8.03. The molecule has 0 fully saturated rings. The summed E-state index contributed by atoms with van der Waals surface area (Å²) in [5.74, 6) is 0. The van der Waals surface area contributed by atoms with Gasteiger partial charge in [-0.1, -0.05) is 15.9 Å². The molecule has 248 valence electrons. The summed E-state index contributed by atoms with van der Waals surface area (Å²) in [4.78, 5) is 0. The molecule has 0 heterocycles. The molecule has 41 heavy (non-hydrogen) atoms. The first-order valence-corrected chi connectivity index (χ1v) is 15.5. The maximum absolute atomic E-state index is 5.47. The Balaban J connectivity index is 3.02. The summed E-state index contributed by atoms with van der Waals surface area (Å²) in [5, 5.41) is 0.838. The summed E-state index contributed by atoms with van der Waals surface area (Å²) in [7, 11) is 1.65. The lowest BCUT2D eigenvalue weighted by Crippen LogP contribution is -2.15. The minimum atomic E-state index is 0.515. The fraction of sp³-hybridized carbons (Fsp3) is 1.00. The Morgan fingerprint density at radius 2 is 0.390 bits per heavy atom. The Bertz CT molecular complexity index is 417. The van der Waals surface area contributed by atoms with Crippen LogP contribution in [-0.4, -0.2) is 178 Å². The number of rotatable bonds is 38. The van der Waals surface area contributed by atoms with E-state index in [9.17, 15) is 0 Å². The fourth-order valence-corrected chi connectivity index (χ4v) is 2.95. The van der Waals surface area contributed by atoms with Crippen LogP contribution in [0.1, 0.15) is 0 Å². The topological polar surface area (TPSA) is 120 Å². The molecule has 0 spiro atoms. The molecule has 0 radical (unpaired) electrons. The van der Waals surface area contributed by atoms with Crippen molar-refractivity contribution < 1.29 is 61.6 Å². The molecule has 0 aliphatic heterocycles. The van der Waals surface area contributed by atoms with Gasteiger partial charge in [-0.25, -0.2) is 0 Å². The normalized spacial score (nSPS) is 11.6. The number of hydrogen-bond acceptors (Lipinski definition) is 13. The highest BCUT2D eigenvalue weighted by Crippen LogP contribution is 1.88. The van der Waals surface area contributed by atoms with Crippen molar-refractivity contribution in [2.24, 2.45) is 0 Å². The lowest BCUT2D eigenvalue weighted by atomic mass is 10.6. The fourth-order valence-electron chi connectivity index (χ4n) is 2.72. The van der Waals surface area contributed by atoms with Crippen molar-refractivity contribution in [1.82, 2.24) is 0 Å². The summed E-state index contributed by atoms with van der Waals surface area (Å²) in [5.41, 5.74) is 0. The molecule has 0 saturated heterocycles. The molecule has 0 aromatic heterocycles. The first kappa shape index (κ1) is 41.0. The lowest BCUT2D eigenvalue weighted by Gasteiger charge is -2.09. The maximum atomic E-state index is 5.47. The van der Waals surface area contributed by atoms with Gasteiger partial charge in [-0.15, -0.1) is 0 Å². The summed E-state index contributed by atoms with van der Waals surface area (Å²) < 4.78 is 69.8. The maximum Gasteiger partial charge on any atom is 0.0701 e. The third kappa shape index (κ3) is 40.0. The Hall–Kier alpha value is -0.0400. The Morgan fingerprint density at radius 3 is 0.537 bits per heavy atom. The largest absolute Gasteiger partial charge is 0.382 e. The van der Waals surface area contributed by atoms with Crippen molar-refractivity contribution in [3.63, 3.8) is 0 Å². The van der Waals surface area contributed by atoms with Crippen LogP contribution in [0.15, 0.2) is 0 Å². The minimum Gasteiger partial charge on any atom is -0.382 e. The quantitative estimate of drug-likeness (QED) is 0.0695. The van der Waals surface area contributed by atoms with Crippen LogP contribution in [0, 0.1) is 0 Å². The first-order valence-electron chi connectivity index (χ1n) is 14.4. The van der Waals surface area contributed by atoms with E-state index in [1.165, 1.54) is 0 Å². The Morgan fingerprint density at radius 1 is 0.244 bits per heavy atom. The van der Waals surface area contributed by atoms with E-state index in [0.717, 1.165) is 5.33 Å². The Labute approximate surface area is 255 Å². The average Bonchev–Trinajstić information content (AvgIpc) is 2.98. The highest BCUT2D eigenvalue weighted by Gasteiger charge is 1.96. The van der Waals surface area contributed by atoms with Crippen LogP contribution in [0.25, 0.3) is 0 Å². The van der Waals surface area contributed by atoms with Crippen molar-refractivity contribution in [3.05, 3.63) is 0 Å². The van der Waals surface area contributed by atoms with Gasteiger partial charge in [0, 0.05) is 12.4 Å². The predicted octanol–water partition coefficient (Wildman–Crippen LogP) is 1.23. The van der Waals surface area contributed by atoms with Gasteiger partial charge in [0.2, 0.25) is 0 Å². The van der Waals surface area contributed by atoms with Crippen LogP contribution in [-0.2, 0) is 61.6 Å². The van der Waals surface area contributed by atoms with Gasteiger partial charge >= 0.3 is 0 Å². The molecule has 0 aliphatic rings. The molecule has 13 nitrogen and oxygen atoms in total. The average molecular weight is 668 g/mol. The molecule has 14 heteroatoms. The van der Waals surface area contributed by atoms with Gasteiger partial charge in [-0.2, -0.15) is 0 Å². The molecule has 0 bridgehead atoms. The third-order valence-corrected chi connectivity index (χ3v) is 5.07. The molecule has 0 unspecified atom stereocenters. The number of halogens is 1. The van der Waals surface area contributed by atoms with E-state index in [1.54, 1.807) is 7.11 Å². The van der Waals surface area contributed by atoms with Crippen LogP contribution >= 0.6 is 15.9 Å². The zero-order chi connectivity index (χ0) is 29.6.